The fraction of sp³-hybridized carbons (Fsp3) is 0.556. The van der Waals surface area contributed by atoms with Gasteiger partial charge in [-0.3, -0.25) is 9.63 Å². The van der Waals surface area contributed by atoms with Crippen molar-refractivity contribution in [1.29, 1.82) is 0 Å². The predicted molar refractivity (Wildman–Crippen MR) is 46.8 cm³/mol. The first-order chi connectivity index (χ1) is 6.59. The largest absolute Gasteiger partial charge is 0.451 e. The van der Waals surface area contributed by atoms with E-state index in [0.29, 0.717) is 18.8 Å². The van der Waals surface area contributed by atoms with E-state index in [1.807, 2.05) is 13.8 Å². The van der Waals surface area contributed by atoms with Crippen molar-refractivity contribution < 1.29 is 14.0 Å². The van der Waals surface area contributed by atoms with Crippen molar-refractivity contribution in [3.63, 3.8) is 0 Å². The number of amides is 1. The van der Waals surface area contributed by atoms with Crippen molar-refractivity contribution in [3.8, 4) is 0 Å². The molecule has 0 N–H and O–H groups in total. The van der Waals surface area contributed by atoms with Crippen LogP contribution in [-0.2, 0) is 16.2 Å². The molecule has 1 aliphatic heterocycles. The molecule has 5 heteroatoms. The van der Waals surface area contributed by atoms with Crippen LogP contribution in [0, 0.1) is 5.41 Å². The molecule has 0 unspecified atom stereocenters. The van der Waals surface area contributed by atoms with Gasteiger partial charge in [0.25, 0.3) is 5.91 Å². The molecule has 1 saturated heterocycles. The highest BCUT2D eigenvalue weighted by Gasteiger charge is 2.40. The molecule has 0 atom stereocenters. The highest BCUT2D eigenvalue weighted by molar-refractivity contribution is 5.82. The lowest BCUT2D eigenvalue weighted by molar-refractivity contribution is -0.165. The van der Waals surface area contributed by atoms with Crippen LogP contribution in [0.1, 0.15) is 19.5 Å². The SMILES string of the molecule is CC1(C)CON(Cc2cocn2)C1=O. The van der Waals surface area contributed by atoms with E-state index < -0.39 is 5.41 Å². The van der Waals surface area contributed by atoms with Crippen LogP contribution in [0.4, 0.5) is 0 Å². The Morgan fingerprint density at radius 2 is 2.43 bits per heavy atom. The molecule has 0 aliphatic carbocycles. The summed E-state index contributed by atoms with van der Waals surface area (Å²) in [5.74, 6) is -0.0134. The Kier molecular flexibility index (Phi) is 2.03. The Morgan fingerprint density at radius 3 is 2.93 bits per heavy atom. The van der Waals surface area contributed by atoms with Gasteiger partial charge in [-0.25, -0.2) is 10.0 Å². The summed E-state index contributed by atoms with van der Waals surface area (Å²) in [6.07, 6.45) is 2.84. The second-order valence-electron chi connectivity index (χ2n) is 3.98. The van der Waals surface area contributed by atoms with Crippen molar-refractivity contribution in [2.45, 2.75) is 20.4 Å². The fourth-order valence-corrected chi connectivity index (χ4v) is 1.28. The monoisotopic (exact) mass is 196 g/mol. The first kappa shape index (κ1) is 9.21. The maximum Gasteiger partial charge on any atom is 0.254 e. The minimum absolute atomic E-state index is 0.0134. The minimum Gasteiger partial charge on any atom is -0.451 e. The van der Waals surface area contributed by atoms with Gasteiger partial charge in [-0.05, 0) is 13.8 Å². The number of hydrogen-bond acceptors (Lipinski definition) is 4. The minimum atomic E-state index is -0.427. The number of carbonyl (C=O) groups is 1. The molecule has 0 saturated carbocycles. The Morgan fingerprint density at radius 1 is 1.64 bits per heavy atom. The van der Waals surface area contributed by atoms with E-state index in [1.54, 1.807) is 0 Å². The van der Waals surface area contributed by atoms with Crippen molar-refractivity contribution in [2.24, 2.45) is 5.41 Å². The van der Waals surface area contributed by atoms with Crippen LogP contribution in [0.2, 0.25) is 0 Å². The Bertz CT molecular complexity index is 332. The van der Waals surface area contributed by atoms with Crippen molar-refractivity contribution >= 4 is 5.91 Å². The molecule has 76 valence electrons. The number of hydrogen-bond donors (Lipinski definition) is 0. The van der Waals surface area contributed by atoms with E-state index in [-0.39, 0.29) is 5.91 Å². The van der Waals surface area contributed by atoms with E-state index in [4.69, 9.17) is 9.25 Å². The number of aromatic nitrogens is 1. The number of carbonyl (C=O) groups excluding carboxylic acids is 1. The molecule has 0 aromatic carbocycles. The molecule has 1 aromatic rings. The van der Waals surface area contributed by atoms with Crippen LogP contribution >= 0.6 is 0 Å². The number of nitrogens with zero attached hydrogens (tertiary/aromatic N) is 2. The van der Waals surface area contributed by atoms with Crippen molar-refractivity contribution in [3.05, 3.63) is 18.4 Å². The van der Waals surface area contributed by atoms with Gasteiger partial charge >= 0.3 is 0 Å². The first-order valence-corrected chi connectivity index (χ1v) is 4.41. The van der Waals surface area contributed by atoms with Gasteiger partial charge in [0.2, 0.25) is 0 Å². The quantitative estimate of drug-likeness (QED) is 0.707. The van der Waals surface area contributed by atoms with Crippen LogP contribution in [0.3, 0.4) is 0 Å². The van der Waals surface area contributed by atoms with E-state index >= 15 is 0 Å². The summed E-state index contributed by atoms with van der Waals surface area (Å²) in [5.41, 5.74) is 0.264. The third-order valence-electron chi connectivity index (χ3n) is 2.18. The van der Waals surface area contributed by atoms with Gasteiger partial charge < -0.3 is 4.42 Å². The topological polar surface area (TPSA) is 55.6 Å². The van der Waals surface area contributed by atoms with E-state index in [9.17, 15) is 4.79 Å². The molecular formula is C9H12N2O3. The summed E-state index contributed by atoms with van der Waals surface area (Å²) in [6.45, 7) is 4.48. The van der Waals surface area contributed by atoms with Crippen LogP contribution in [0.5, 0.6) is 0 Å². The van der Waals surface area contributed by atoms with Gasteiger partial charge in [0.05, 0.1) is 18.6 Å². The van der Waals surface area contributed by atoms with E-state index in [2.05, 4.69) is 4.98 Å². The summed E-state index contributed by atoms with van der Waals surface area (Å²) in [7, 11) is 0. The highest BCUT2D eigenvalue weighted by Crippen LogP contribution is 2.27. The van der Waals surface area contributed by atoms with Crippen LogP contribution < -0.4 is 0 Å². The molecule has 0 radical (unpaired) electrons. The van der Waals surface area contributed by atoms with Gasteiger partial charge in [0.1, 0.15) is 12.0 Å². The summed E-state index contributed by atoms with van der Waals surface area (Å²) >= 11 is 0. The fourth-order valence-electron chi connectivity index (χ4n) is 1.28. The molecule has 1 aliphatic rings. The maximum atomic E-state index is 11.7. The molecule has 1 fully saturated rings. The zero-order valence-electron chi connectivity index (χ0n) is 8.19. The highest BCUT2D eigenvalue weighted by atomic mass is 16.7. The molecule has 5 nitrogen and oxygen atoms in total. The first-order valence-electron chi connectivity index (χ1n) is 4.41. The number of oxazole rings is 1. The molecule has 1 aromatic heterocycles. The standard InChI is InChI=1S/C9H12N2O3/c1-9(2)5-14-11(8(9)12)3-7-4-13-6-10-7/h4,6H,3,5H2,1-2H3. The molecule has 2 rings (SSSR count). The summed E-state index contributed by atoms with van der Waals surface area (Å²) in [6, 6.07) is 0. The van der Waals surface area contributed by atoms with Crippen molar-refractivity contribution in [1.82, 2.24) is 10.0 Å². The van der Waals surface area contributed by atoms with Crippen LogP contribution in [-0.4, -0.2) is 22.6 Å². The maximum absolute atomic E-state index is 11.7. The van der Waals surface area contributed by atoms with Crippen LogP contribution in [0.15, 0.2) is 17.1 Å². The Labute approximate surface area is 81.6 Å². The average molecular weight is 196 g/mol. The van der Waals surface area contributed by atoms with Gasteiger partial charge in [0.15, 0.2) is 6.39 Å². The second-order valence-corrected chi connectivity index (χ2v) is 3.98. The van der Waals surface area contributed by atoms with Crippen LogP contribution in [0.25, 0.3) is 0 Å². The lowest BCUT2D eigenvalue weighted by Gasteiger charge is -2.14. The summed E-state index contributed by atoms with van der Waals surface area (Å²) in [4.78, 5) is 20.9. The molecule has 2 heterocycles. The Balaban J connectivity index is 2.05. The number of rotatable bonds is 2. The predicted octanol–water partition coefficient (Wildman–Crippen LogP) is 0.975. The van der Waals surface area contributed by atoms with Gasteiger partial charge in [-0.1, -0.05) is 0 Å². The lowest BCUT2D eigenvalue weighted by atomic mass is 9.95. The smallest absolute Gasteiger partial charge is 0.254 e. The Hall–Kier alpha value is -1.36. The summed E-state index contributed by atoms with van der Waals surface area (Å²) in [5, 5.41) is 1.33. The van der Waals surface area contributed by atoms with E-state index in [0.717, 1.165) is 0 Å². The molecular weight excluding hydrogens is 184 g/mol. The number of hydroxylamine groups is 2. The summed E-state index contributed by atoms with van der Waals surface area (Å²) < 4.78 is 4.81. The zero-order valence-corrected chi connectivity index (χ0v) is 8.19. The van der Waals surface area contributed by atoms with Gasteiger partial charge in [0, 0.05) is 0 Å². The van der Waals surface area contributed by atoms with Gasteiger partial charge in [-0.2, -0.15) is 0 Å². The molecule has 0 spiro atoms. The van der Waals surface area contributed by atoms with Gasteiger partial charge in [-0.15, -0.1) is 0 Å². The average Bonchev–Trinajstić information content (AvgIpc) is 2.70. The third kappa shape index (κ3) is 1.50. The lowest BCUT2D eigenvalue weighted by Crippen LogP contribution is -2.30. The molecule has 1 amide bonds. The second kappa shape index (κ2) is 3.09. The molecule has 14 heavy (non-hydrogen) atoms. The third-order valence-corrected chi connectivity index (χ3v) is 2.18. The zero-order chi connectivity index (χ0) is 10.2. The normalized spacial score (nSPS) is 20.4. The van der Waals surface area contributed by atoms with Crippen molar-refractivity contribution in [2.75, 3.05) is 6.61 Å². The molecule has 0 bridgehead atoms. The van der Waals surface area contributed by atoms with E-state index in [1.165, 1.54) is 17.7 Å².